The van der Waals surface area contributed by atoms with Crippen molar-refractivity contribution in [3.63, 3.8) is 0 Å². The molecule has 0 aromatic heterocycles. The molecule has 0 fully saturated rings. The average Bonchev–Trinajstić information content (AvgIpc) is 2.30. The monoisotopic (exact) mass is 274 g/mol. The highest BCUT2D eigenvalue weighted by Gasteiger charge is 2.19. The summed E-state index contributed by atoms with van der Waals surface area (Å²) in [6, 6.07) is 3.04. The van der Waals surface area contributed by atoms with Crippen LogP contribution in [0.2, 0.25) is 5.02 Å². The van der Waals surface area contributed by atoms with E-state index in [0.29, 0.717) is 0 Å². The lowest BCUT2D eigenvalue weighted by molar-refractivity contribution is -0.385. The minimum atomic E-state index is -1.16. The summed E-state index contributed by atoms with van der Waals surface area (Å²) in [7, 11) is 0. The largest absolute Gasteiger partial charge is 0.486 e. The molecule has 0 radical (unpaired) electrons. The van der Waals surface area contributed by atoms with Crippen molar-refractivity contribution < 1.29 is 19.6 Å². The second kappa shape index (κ2) is 6.18. The van der Waals surface area contributed by atoms with Crippen molar-refractivity contribution in [2.45, 2.75) is 12.5 Å². The lowest BCUT2D eigenvalue weighted by Gasteiger charge is -2.10. The smallest absolute Gasteiger partial charge is 0.320 e. The summed E-state index contributed by atoms with van der Waals surface area (Å²) in [6.07, 6.45) is 0.0255. The number of hydrogen-bond donors (Lipinski definition) is 2. The normalized spacial score (nSPS) is 11.9. The number of aliphatic carboxylic acids is 1. The predicted molar refractivity (Wildman–Crippen MR) is 63.8 cm³/mol. The molecule has 0 bridgehead atoms. The van der Waals surface area contributed by atoms with E-state index in [2.05, 4.69) is 0 Å². The molecule has 7 nitrogen and oxygen atoms in total. The van der Waals surface area contributed by atoms with Crippen LogP contribution in [0, 0.1) is 10.1 Å². The van der Waals surface area contributed by atoms with Crippen LogP contribution in [0.25, 0.3) is 0 Å². The number of rotatable bonds is 6. The molecule has 18 heavy (non-hydrogen) atoms. The topological polar surface area (TPSA) is 116 Å². The van der Waals surface area contributed by atoms with E-state index in [1.165, 1.54) is 18.2 Å². The molecule has 0 aliphatic carbocycles. The zero-order valence-corrected chi connectivity index (χ0v) is 9.96. The van der Waals surface area contributed by atoms with E-state index in [9.17, 15) is 14.9 Å². The molecule has 0 heterocycles. The third-order valence-corrected chi connectivity index (χ3v) is 2.43. The summed E-state index contributed by atoms with van der Waals surface area (Å²) in [4.78, 5) is 20.6. The summed E-state index contributed by atoms with van der Waals surface area (Å²) in [5, 5.41) is 19.4. The molecule has 0 spiro atoms. The van der Waals surface area contributed by atoms with E-state index in [0.717, 1.165) is 0 Å². The summed E-state index contributed by atoms with van der Waals surface area (Å²) in [6.45, 7) is -0.0714. The molecule has 1 aromatic carbocycles. The van der Waals surface area contributed by atoms with Gasteiger partial charge in [-0.3, -0.25) is 14.9 Å². The number of benzene rings is 1. The molecule has 1 rings (SSSR count). The minimum Gasteiger partial charge on any atom is -0.486 e. The Labute approximate surface area is 107 Å². The number of nitrogens with zero attached hydrogens (tertiary/aromatic N) is 1. The zero-order valence-electron chi connectivity index (χ0n) is 9.21. The van der Waals surface area contributed by atoms with Crippen molar-refractivity contribution in [3.05, 3.63) is 33.3 Å². The first-order valence-electron chi connectivity index (χ1n) is 4.97. The van der Waals surface area contributed by atoms with Gasteiger partial charge in [-0.05, 0) is 6.07 Å². The molecule has 0 amide bonds. The van der Waals surface area contributed by atoms with Gasteiger partial charge in [0.25, 0.3) is 0 Å². The van der Waals surface area contributed by atoms with Gasteiger partial charge in [0.15, 0.2) is 0 Å². The number of nitrogens with two attached hydrogens (primary N) is 1. The zero-order chi connectivity index (χ0) is 13.7. The maximum atomic E-state index is 10.7. The molecule has 1 aromatic rings. The fourth-order valence-electron chi connectivity index (χ4n) is 1.20. The predicted octanol–water partition coefficient (Wildman–Crippen LogP) is 1.43. The first kappa shape index (κ1) is 14.2. The summed E-state index contributed by atoms with van der Waals surface area (Å²) < 4.78 is 5.13. The van der Waals surface area contributed by atoms with Crippen molar-refractivity contribution in [2.75, 3.05) is 6.61 Å². The van der Waals surface area contributed by atoms with E-state index < -0.39 is 16.9 Å². The summed E-state index contributed by atoms with van der Waals surface area (Å²) >= 11 is 5.77. The number of carbonyl (C=O) groups is 1. The molecule has 8 heteroatoms. The van der Waals surface area contributed by atoms with E-state index >= 15 is 0 Å². The molecule has 0 aliphatic heterocycles. The maximum absolute atomic E-state index is 10.7. The van der Waals surface area contributed by atoms with Crippen LogP contribution in [0.4, 0.5) is 5.69 Å². The first-order valence-corrected chi connectivity index (χ1v) is 5.35. The van der Waals surface area contributed by atoms with Crippen molar-refractivity contribution in [2.24, 2.45) is 5.73 Å². The third kappa shape index (κ3) is 3.57. The fourth-order valence-corrected chi connectivity index (χ4v) is 1.42. The van der Waals surface area contributed by atoms with Gasteiger partial charge >= 0.3 is 11.7 Å². The highest BCUT2D eigenvalue weighted by atomic mass is 35.5. The van der Waals surface area contributed by atoms with Crippen LogP contribution in [0.15, 0.2) is 18.2 Å². The van der Waals surface area contributed by atoms with Crippen molar-refractivity contribution in [1.29, 1.82) is 0 Å². The van der Waals surface area contributed by atoms with Gasteiger partial charge in [0.05, 0.1) is 16.6 Å². The average molecular weight is 275 g/mol. The fraction of sp³-hybridized carbons (Fsp3) is 0.300. The molecule has 0 aliphatic rings. The summed E-state index contributed by atoms with van der Waals surface area (Å²) in [5.74, 6) is -1.24. The van der Waals surface area contributed by atoms with Gasteiger partial charge in [0.1, 0.15) is 6.04 Å². The quantitative estimate of drug-likeness (QED) is 0.599. The Bertz CT molecular complexity index is 466. The third-order valence-electron chi connectivity index (χ3n) is 2.14. The highest BCUT2D eigenvalue weighted by Crippen LogP contribution is 2.34. The van der Waals surface area contributed by atoms with Crippen LogP contribution >= 0.6 is 11.6 Å². The Hall–Kier alpha value is -1.86. The van der Waals surface area contributed by atoms with E-state index in [1.807, 2.05) is 0 Å². The van der Waals surface area contributed by atoms with Gasteiger partial charge in [0, 0.05) is 12.5 Å². The van der Waals surface area contributed by atoms with Crippen LogP contribution < -0.4 is 10.5 Å². The van der Waals surface area contributed by atoms with Crippen LogP contribution in [-0.2, 0) is 4.79 Å². The first-order chi connectivity index (χ1) is 8.43. The van der Waals surface area contributed by atoms with Gasteiger partial charge in [-0.15, -0.1) is 0 Å². The van der Waals surface area contributed by atoms with Gasteiger partial charge < -0.3 is 15.6 Å². The van der Waals surface area contributed by atoms with Crippen molar-refractivity contribution in [3.8, 4) is 5.75 Å². The number of carboxylic acid groups (broad SMARTS) is 1. The van der Waals surface area contributed by atoms with Crippen molar-refractivity contribution in [1.82, 2.24) is 0 Å². The number of carboxylic acids is 1. The Morgan fingerprint density at radius 1 is 1.61 bits per heavy atom. The van der Waals surface area contributed by atoms with E-state index in [-0.39, 0.29) is 29.5 Å². The molecule has 98 valence electrons. The Morgan fingerprint density at radius 2 is 2.28 bits per heavy atom. The Kier molecular flexibility index (Phi) is 4.87. The van der Waals surface area contributed by atoms with E-state index in [1.54, 1.807) is 0 Å². The second-order valence-corrected chi connectivity index (χ2v) is 3.83. The van der Waals surface area contributed by atoms with Gasteiger partial charge in [-0.25, -0.2) is 0 Å². The van der Waals surface area contributed by atoms with Crippen LogP contribution in [0.1, 0.15) is 6.42 Å². The molecular formula is C10H11ClN2O5. The van der Waals surface area contributed by atoms with Gasteiger partial charge in [0.2, 0.25) is 5.75 Å². The standard InChI is InChI=1S/C10H11ClN2O5/c11-6-2-1-3-8(13(16)17)9(6)18-5-4-7(12)10(14)15/h1-3,7H,4-5,12H2,(H,14,15). The molecule has 0 saturated carbocycles. The Morgan fingerprint density at radius 3 is 2.83 bits per heavy atom. The number of ether oxygens (including phenoxy) is 1. The minimum absolute atomic E-state index is 0.0255. The van der Waals surface area contributed by atoms with E-state index in [4.69, 9.17) is 27.2 Å². The highest BCUT2D eigenvalue weighted by molar-refractivity contribution is 6.32. The lowest BCUT2D eigenvalue weighted by Crippen LogP contribution is -2.31. The maximum Gasteiger partial charge on any atom is 0.320 e. The summed E-state index contributed by atoms with van der Waals surface area (Å²) in [5.41, 5.74) is 5.00. The van der Waals surface area contributed by atoms with Gasteiger partial charge in [-0.2, -0.15) is 0 Å². The second-order valence-electron chi connectivity index (χ2n) is 3.43. The number of para-hydroxylation sites is 1. The van der Waals surface area contributed by atoms with Gasteiger partial charge in [-0.1, -0.05) is 17.7 Å². The number of halogens is 1. The Balaban J connectivity index is 2.72. The number of hydrogen-bond acceptors (Lipinski definition) is 5. The molecular weight excluding hydrogens is 264 g/mol. The number of nitro benzene ring substituents is 1. The lowest BCUT2D eigenvalue weighted by atomic mass is 10.2. The number of nitro groups is 1. The SMILES string of the molecule is NC(CCOc1c(Cl)cccc1[N+](=O)[O-])C(=O)O. The molecule has 1 atom stereocenters. The van der Waals surface area contributed by atoms with Crippen LogP contribution in [0.3, 0.4) is 0 Å². The molecule has 1 unspecified atom stereocenters. The van der Waals surface area contributed by atoms with Crippen LogP contribution in [-0.4, -0.2) is 28.6 Å². The molecule has 3 N–H and O–H groups in total. The van der Waals surface area contributed by atoms with Crippen LogP contribution in [0.5, 0.6) is 5.75 Å². The molecule has 0 saturated heterocycles. The van der Waals surface area contributed by atoms with Crippen molar-refractivity contribution >= 4 is 23.3 Å².